The number of carbonyl (C=O) groups excluding carboxylic acids is 1. The normalized spacial score (nSPS) is 16.8. The van der Waals surface area contributed by atoms with Gasteiger partial charge in [-0.3, -0.25) is 4.79 Å². The van der Waals surface area contributed by atoms with E-state index in [4.69, 9.17) is 9.47 Å². The fraction of sp³-hybridized carbons (Fsp3) is 0.292. The van der Waals surface area contributed by atoms with E-state index in [1.54, 1.807) is 4.90 Å². The first-order chi connectivity index (χ1) is 15.3. The summed E-state index contributed by atoms with van der Waals surface area (Å²) in [6.45, 7) is 0.749. The second kappa shape index (κ2) is 7.32. The number of fused-ring (bicyclic) bond motifs is 4. The van der Waals surface area contributed by atoms with Gasteiger partial charge in [0, 0.05) is 37.7 Å². The van der Waals surface area contributed by atoms with Gasteiger partial charge in [0.05, 0.1) is 24.1 Å². The third-order valence-corrected chi connectivity index (χ3v) is 6.26. The van der Waals surface area contributed by atoms with E-state index in [1.165, 1.54) is 19.2 Å². The van der Waals surface area contributed by atoms with Gasteiger partial charge in [-0.05, 0) is 42.5 Å². The number of amides is 1. The van der Waals surface area contributed by atoms with Crippen LogP contribution in [-0.4, -0.2) is 35.6 Å². The molecular weight excluding hydrogens is 421 g/mol. The van der Waals surface area contributed by atoms with Gasteiger partial charge in [-0.25, -0.2) is 0 Å². The maximum absolute atomic E-state index is 13.4. The number of benzene rings is 2. The Morgan fingerprint density at radius 3 is 2.53 bits per heavy atom. The highest BCUT2D eigenvalue weighted by Crippen LogP contribution is 2.45. The van der Waals surface area contributed by atoms with Crippen molar-refractivity contribution in [2.75, 3.05) is 20.2 Å². The first kappa shape index (κ1) is 20.5. The van der Waals surface area contributed by atoms with Crippen molar-refractivity contribution in [3.63, 3.8) is 0 Å². The summed E-state index contributed by atoms with van der Waals surface area (Å²) >= 11 is 0. The Balaban J connectivity index is 1.39. The van der Waals surface area contributed by atoms with Crippen LogP contribution in [0, 0.1) is 0 Å². The number of alkyl halides is 3. The van der Waals surface area contributed by atoms with Crippen LogP contribution in [0.3, 0.4) is 0 Å². The lowest BCUT2D eigenvalue weighted by atomic mass is 9.86. The summed E-state index contributed by atoms with van der Waals surface area (Å²) in [5, 5.41) is 0. The number of methoxy groups -OCH3 is 1. The standard InChI is InChI=1S/C24H21F3N2O3/c1-31-19-9-8-16(15-17(19)24(25,26)27)22(30)28-13-10-23(11-14-28)21-7-4-12-29(21)18-5-2-3-6-20(18)32-23/h2-9,12,15H,10-11,13-14H2,1H3. The molecule has 0 radical (unpaired) electrons. The van der Waals surface area contributed by atoms with E-state index in [0.29, 0.717) is 25.9 Å². The summed E-state index contributed by atoms with van der Waals surface area (Å²) < 4.78 is 53.5. The molecule has 5 nitrogen and oxygen atoms in total. The predicted molar refractivity (Wildman–Crippen MR) is 111 cm³/mol. The van der Waals surface area contributed by atoms with Gasteiger partial charge in [0.2, 0.25) is 0 Å². The van der Waals surface area contributed by atoms with Crippen LogP contribution in [0.15, 0.2) is 60.8 Å². The molecule has 1 aromatic heterocycles. The Morgan fingerprint density at radius 2 is 1.81 bits per heavy atom. The summed E-state index contributed by atoms with van der Waals surface area (Å²) in [7, 11) is 1.17. The number of carbonyl (C=O) groups is 1. The van der Waals surface area contributed by atoms with Crippen molar-refractivity contribution in [2.45, 2.75) is 24.6 Å². The predicted octanol–water partition coefficient (Wildman–Crippen LogP) is 5.03. The summed E-state index contributed by atoms with van der Waals surface area (Å²) in [6, 6.07) is 15.2. The van der Waals surface area contributed by atoms with Gasteiger partial charge in [-0.2, -0.15) is 13.2 Å². The maximum atomic E-state index is 13.4. The summed E-state index contributed by atoms with van der Waals surface area (Å²) in [5.41, 5.74) is 0.449. The number of ether oxygens (including phenoxy) is 2. The lowest BCUT2D eigenvalue weighted by molar-refractivity contribution is -0.138. The third kappa shape index (κ3) is 3.21. The SMILES string of the molecule is COc1ccc(C(=O)N2CCC3(CC2)Oc2ccccc2-n2cccc23)cc1C(F)(F)F. The number of halogens is 3. The molecule has 0 saturated carbocycles. The number of hydrogen-bond acceptors (Lipinski definition) is 3. The first-order valence-corrected chi connectivity index (χ1v) is 10.3. The number of nitrogens with zero attached hydrogens (tertiary/aromatic N) is 2. The fourth-order valence-electron chi connectivity index (χ4n) is 4.64. The Bertz CT molecular complexity index is 1180. The molecule has 166 valence electrons. The van der Waals surface area contributed by atoms with E-state index in [2.05, 4.69) is 4.57 Å². The highest BCUT2D eigenvalue weighted by Gasteiger charge is 2.45. The molecule has 0 aliphatic carbocycles. The van der Waals surface area contributed by atoms with Crippen molar-refractivity contribution in [1.29, 1.82) is 0 Å². The molecule has 3 heterocycles. The van der Waals surface area contributed by atoms with Gasteiger partial charge in [0.15, 0.2) is 5.60 Å². The Kier molecular flexibility index (Phi) is 4.69. The first-order valence-electron chi connectivity index (χ1n) is 10.3. The summed E-state index contributed by atoms with van der Waals surface area (Å²) in [5.74, 6) is 0.0437. The van der Waals surface area contributed by atoms with E-state index in [0.717, 1.165) is 23.2 Å². The van der Waals surface area contributed by atoms with Gasteiger partial charge < -0.3 is 18.9 Å². The van der Waals surface area contributed by atoms with Crippen molar-refractivity contribution in [3.8, 4) is 17.2 Å². The highest BCUT2D eigenvalue weighted by molar-refractivity contribution is 5.94. The highest BCUT2D eigenvalue weighted by atomic mass is 19.4. The molecular formula is C24H21F3N2O3. The molecule has 1 amide bonds. The summed E-state index contributed by atoms with van der Waals surface area (Å²) in [4.78, 5) is 14.6. The number of para-hydroxylation sites is 2. The van der Waals surface area contributed by atoms with E-state index in [1.807, 2.05) is 42.6 Å². The number of likely N-dealkylation sites (tertiary alicyclic amines) is 1. The second-order valence-electron chi connectivity index (χ2n) is 8.03. The zero-order chi connectivity index (χ0) is 22.5. The van der Waals surface area contributed by atoms with Crippen LogP contribution in [0.5, 0.6) is 11.5 Å². The fourth-order valence-corrected chi connectivity index (χ4v) is 4.64. The van der Waals surface area contributed by atoms with Crippen LogP contribution in [0.4, 0.5) is 13.2 Å². The molecule has 1 saturated heterocycles. The minimum absolute atomic E-state index is 0.00708. The van der Waals surface area contributed by atoms with E-state index in [9.17, 15) is 18.0 Å². The van der Waals surface area contributed by atoms with Crippen molar-refractivity contribution in [2.24, 2.45) is 0 Å². The van der Waals surface area contributed by atoms with Gasteiger partial charge in [-0.15, -0.1) is 0 Å². The quantitative estimate of drug-likeness (QED) is 0.559. The van der Waals surface area contributed by atoms with E-state index in [-0.39, 0.29) is 11.3 Å². The van der Waals surface area contributed by atoms with Crippen LogP contribution in [0.2, 0.25) is 0 Å². The molecule has 1 spiro atoms. The molecule has 0 unspecified atom stereocenters. The monoisotopic (exact) mass is 442 g/mol. The Labute approximate surface area is 183 Å². The summed E-state index contributed by atoms with van der Waals surface area (Å²) in [6.07, 6.45) is -1.53. The van der Waals surface area contributed by atoms with Crippen LogP contribution < -0.4 is 9.47 Å². The van der Waals surface area contributed by atoms with Crippen LogP contribution >= 0.6 is 0 Å². The Hall–Kier alpha value is -3.42. The zero-order valence-electron chi connectivity index (χ0n) is 17.4. The molecule has 2 aromatic carbocycles. The molecule has 2 aliphatic heterocycles. The van der Waals surface area contributed by atoms with Crippen molar-refractivity contribution in [1.82, 2.24) is 9.47 Å². The molecule has 0 atom stereocenters. The number of aromatic nitrogens is 1. The van der Waals surface area contributed by atoms with Crippen molar-refractivity contribution >= 4 is 5.91 Å². The number of rotatable bonds is 2. The van der Waals surface area contributed by atoms with Gasteiger partial charge >= 0.3 is 6.18 Å². The van der Waals surface area contributed by atoms with Crippen LogP contribution in [-0.2, 0) is 11.8 Å². The lowest BCUT2D eigenvalue weighted by Gasteiger charge is -2.45. The van der Waals surface area contributed by atoms with Crippen molar-refractivity contribution in [3.05, 3.63) is 77.6 Å². The molecule has 3 aromatic rings. The molecule has 2 aliphatic rings. The topological polar surface area (TPSA) is 43.7 Å². The Morgan fingerprint density at radius 1 is 1.06 bits per heavy atom. The van der Waals surface area contributed by atoms with Crippen LogP contribution in [0.25, 0.3) is 5.69 Å². The molecule has 0 N–H and O–H groups in total. The van der Waals surface area contributed by atoms with Crippen molar-refractivity contribution < 1.29 is 27.4 Å². The average molecular weight is 442 g/mol. The van der Waals surface area contributed by atoms with Gasteiger partial charge in [0.1, 0.15) is 11.5 Å². The molecule has 0 bridgehead atoms. The maximum Gasteiger partial charge on any atom is 0.419 e. The number of piperidine rings is 1. The average Bonchev–Trinajstić information content (AvgIpc) is 3.30. The molecule has 8 heteroatoms. The van der Waals surface area contributed by atoms with Crippen LogP contribution in [0.1, 0.15) is 34.5 Å². The second-order valence-corrected chi connectivity index (χ2v) is 8.03. The van der Waals surface area contributed by atoms with Gasteiger partial charge in [0.25, 0.3) is 5.91 Å². The molecule has 32 heavy (non-hydrogen) atoms. The van der Waals surface area contributed by atoms with E-state index >= 15 is 0 Å². The number of hydrogen-bond donors (Lipinski definition) is 0. The minimum Gasteiger partial charge on any atom is -0.496 e. The molecule has 1 fully saturated rings. The largest absolute Gasteiger partial charge is 0.496 e. The lowest BCUT2D eigenvalue weighted by Crippen LogP contribution is -2.50. The van der Waals surface area contributed by atoms with E-state index < -0.39 is 23.2 Å². The molecule has 5 rings (SSSR count). The smallest absolute Gasteiger partial charge is 0.419 e. The minimum atomic E-state index is -4.61. The third-order valence-electron chi connectivity index (χ3n) is 6.26. The zero-order valence-corrected chi connectivity index (χ0v) is 17.4. The van der Waals surface area contributed by atoms with Gasteiger partial charge in [-0.1, -0.05) is 12.1 Å².